The molecule has 18 nitrogen and oxygen atoms in total. The molecule has 3 aromatic heterocycles. The number of ether oxygens (including phenoxy) is 4. The first-order valence-corrected chi connectivity index (χ1v) is 18.8. The van der Waals surface area contributed by atoms with Crippen LogP contribution in [-0.2, 0) is 49.9 Å². The molecule has 1 aliphatic rings. The number of nitrogens with zero attached hydrogens (tertiary/aromatic N) is 8. The van der Waals surface area contributed by atoms with E-state index < -0.39 is 18.1 Å². The highest BCUT2D eigenvalue weighted by atomic mass is 35.5. The Labute approximate surface area is 338 Å². The number of amides is 2. The van der Waals surface area contributed by atoms with Gasteiger partial charge in [0, 0.05) is 58.7 Å². The van der Waals surface area contributed by atoms with Crippen LogP contribution in [-0.4, -0.2) is 139 Å². The van der Waals surface area contributed by atoms with E-state index in [1.165, 1.54) is 0 Å². The molecule has 1 fully saturated rings. The van der Waals surface area contributed by atoms with Crippen LogP contribution < -0.4 is 21.4 Å². The molecule has 0 atom stereocenters. The second-order valence-electron chi connectivity index (χ2n) is 12.8. The van der Waals surface area contributed by atoms with E-state index in [4.69, 9.17) is 37.3 Å². The number of hydrogen-bond acceptors (Lipinski definition) is 13. The van der Waals surface area contributed by atoms with Gasteiger partial charge in [0.15, 0.2) is 33.5 Å². The molecule has 0 spiro atoms. The van der Waals surface area contributed by atoms with Crippen molar-refractivity contribution >= 4 is 52.1 Å². The van der Waals surface area contributed by atoms with E-state index in [-0.39, 0.29) is 34.9 Å². The van der Waals surface area contributed by atoms with Gasteiger partial charge in [0.2, 0.25) is 0 Å². The van der Waals surface area contributed by atoms with Crippen molar-refractivity contribution in [3.63, 3.8) is 0 Å². The van der Waals surface area contributed by atoms with Crippen LogP contribution in [0.4, 0.5) is 24.8 Å². The second-order valence-corrected chi connectivity index (χ2v) is 13.2. The van der Waals surface area contributed by atoms with Crippen molar-refractivity contribution in [2.75, 3.05) is 91.9 Å². The Morgan fingerprint density at radius 1 is 1.00 bits per heavy atom. The third kappa shape index (κ3) is 11.3. The van der Waals surface area contributed by atoms with Crippen LogP contribution in [0.25, 0.3) is 22.2 Å². The average molecular weight is 841 g/mol. The standard InChI is InChI=1S/C33H46ClN11O5.C3H3F3O2/c1-5-44-25-18-22(23-19-38-43(21-23)8-7-41-9-15-50-16-10-41)17-24(33(47)42(11-13-48-3)12-14-49-4)28(25)45(6-2)26(44)20-37-32(46)27-30(35)40-31(36)29(34)39-27;1-8-2(7)3(4,5)6/h17-19,21H,5-16,20H2,1-4H3,(H4-,35,36,37,40,46);1H3/p+1. The summed E-state index contributed by atoms with van der Waals surface area (Å²) in [7, 11) is 3.90. The van der Waals surface area contributed by atoms with Crippen LogP contribution in [0.5, 0.6) is 0 Å². The second kappa shape index (κ2) is 21.1. The van der Waals surface area contributed by atoms with Gasteiger partial charge in [0.05, 0.1) is 64.9 Å². The number of anilines is 2. The van der Waals surface area contributed by atoms with E-state index in [1.54, 1.807) is 19.1 Å². The lowest BCUT2D eigenvalue weighted by molar-refractivity contribution is -0.676. The molecule has 0 radical (unpaired) electrons. The number of alkyl halides is 3. The maximum Gasteiger partial charge on any atom is 0.490 e. The fraction of sp³-hybridized carbons (Fsp3) is 0.528. The topological polar surface area (TPSA) is 211 Å². The number of aryl methyl sites for hydroxylation is 2. The average Bonchev–Trinajstić information content (AvgIpc) is 3.82. The van der Waals surface area contributed by atoms with Crippen molar-refractivity contribution in [1.82, 2.24) is 39.4 Å². The highest BCUT2D eigenvalue weighted by Crippen LogP contribution is 2.29. The number of nitrogen functional groups attached to an aromatic ring is 2. The van der Waals surface area contributed by atoms with E-state index in [0.29, 0.717) is 52.1 Å². The quantitative estimate of drug-likeness (QED) is 0.109. The minimum atomic E-state index is -4.85. The Hall–Kier alpha value is -5.09. The Morgan fingerprint density at radius 2 is 1.67 bits per heavy atom. The van der Waals surface area contributed by atoms with Crippen LogP contribution >= 0.6 is 11.6 Å². The van der Waals surface area contributed by atoms with Gasteiger partial charge in [0.25, 0.3) is 17.6 Å². The number of fused-ring (bicyclic) bond motifs is 1. The van der Waals surface area contributed by atoms with Gasteiger partial charge in [0.1, 0.15) is 6.54 Å². The molecule has 4 heterocycles. The minimum Gasteiger partial charge on any atom is -0.462 e. The SMILES string of the molecule is CCn1c(CNC(=O)c2nc(Cl)c(N)nc2N)[n+](CC)c2c(C(=O)N(CCOC)CCOC)cc(-c3cnn(CCN4CCOCC4)c3)cc21.COC(=O)C(F)(F)F. The molecular weight excluding hydrogens is 791 g/mol. The number of halogens is 4. The molecular formula is C36H50ClF3N11O7+. The smallest absolute Gasteiger partial charge is 0.462 e. The summed E-state index contributed by atoms with van der Waals surface area (Å²) >= 11 is 6.05. The Balaban J connectivity index is 0.000000841. The van der Waals surface area contributed by atoms with Gasteiger partial charge in [-0.05, 0) is 31.5 Å². The van der Waals surface area contributed by atoms with Crippen LogP contribution in [0.3, 0.4) is 0 Å². The minimum absolute atomic E-state index is 0.0589. The van der Waals surface area contributed by atoms with Crippen LogP contribution in [0.2, 0.25) is 5.15 Å². The number of carbonyl (C=O) groups excluding carboxylic acids is 3. The van der Waals surface area contributed by atoms with Gasteiger partial charge in [-0.1, -0.05) is 11.6 Å². The van der Waals surface area contributed by atoms with Crippen LogP contribution in [0.15, 0.2) is 24.5 Å². The summed E-state index contributed by atoms with van der Waals surface area (Å²) in [6.07, 6.45) is -1.00. The van der Waals surface area contributed by atoms with E-state index in [1.807, 2.05) is 37.0 Å². The largest absolute Gasteiger partial charge is 0.490 e. The highest BCUT2D eigenvalue weighted by molar-refractivity contribution is 6.31. The van der Waals surface area contributed by atoms with Crippen molar-refractivity contribution in [2.24, 2.45) is 0 Å². The number of carbonyl (C=O) groups is 3. The molecule has 0 saturated carbocycles. The summed E-state index contributed by atoms with van der Waals surface area (Å²) in [4.78, 5) is 49.3. The van der Waals surface area contributed by atoms with Gasteiger partial charge in [-0.2, -0.15) is 18.3 Å². The number of aromatic nitrogens is 6. The molecule has 2 amide bonds. The normalized spacial score (nSPS) is 13.3. The zero-order valence-electron chi connectivity index (χ0n) is 33.1. The monoisotopic (exact) mass is 840 g/mol. The van der Waals surface area contributed by atoms with Gasteiger partial charge < -0.3 is 40.6 Å². The molecule has 5 rings (SSSR count). The van der Waals surface area contributed by atoms with Gasteiger partial charge >= 0.3 is 12.1 Å². The van der Waals surface area contributed by atoms with Crippen molar-refractivity contribution in [1.29, 1.82) is 0 Å². The molecule has 0 bridgehead atoms. The number of morpholine rings is 1. The third-order valence-corrected chi connectivity index (χ3v) is 9.49. The number of hydrogen-bond donors (Lipinski definition) is 3. The predicted octanol–water partition coefficient (Wildman–Crippen LogP) is 2.16. The van der Waals surface area contributed by atoms with E-state index in [0.717, 1.165) is 67.4 Å². The molecule has 1 aromatic carbocycles. The Kier molecular flexibility index (Phi) is 16.6. The molecule has 0 aliphatic carbocycles. The van der Waals surface area contributed by atoms with Gasteiger partial charge in [-0.3, -0.25) is 19.2 Å². The molecule has 22 heteroatoms. The Morgan fingerprint density at radius 3 is 2.24 bits per heavy atom. The summed E-state index contributed by atoms with van der Waals surface area (Å²) in [5.74, 6) is -2.29. The number of nitrogens with two attached hydrogens (primary N) is 2. The Bertz CT molecular complexity index is 2030. The molecule has 318 valence electrons. The van der Waals surface area contributed by atoms with Crippen LogP contribution in [0.1, 0.15) is 40.5 Å². The lowest BCUT2D eigenvalue weighted by Crippen LogP contribution is -2.42. The predicted molar refractivity (Wildman–Crippen MR) is 207 cm³/mol. The first kappa shape index (κ1) is 45.6. The summed E-state index contributed by atoms with van der Waals surface area (Å²) in [6.45, 7) is 11.6. The van der Waals surface area contributed by atoms with Crippen LogP contribution in [0, 0.1) is 0 Å². The maximum absolute atomic E-state index is 14.5. The highest BCUT2D eigenvalue weighted by Gasteiger charge is 2.40. The fourth-order valence-electron chi connectivity index (χ4n) is 6.30. The van der Waals surface area contributed by atoms with E-state index in [2.05, 4.69) is 45.2 Å². The first-order chi connectivity index (χ1) is 27.7. The lowest BCUT2D eigenvalue weighted by Gasteiger charge is -2.26. The van der Waals surface area contributed by atoms with Gasteiger partial charge in [-0.15, -0.1) is 0 Å². The van der Waals surface area contributed by atoms with E-state index >= 15 is 0 Å². The van der Waals surface area contributed by atoms with Gasteiger partial charge in [-0.25, -0.2) is 23.9 Å². The zero-order chi connectivity index (χ0) is 42.6. The number of nitrogens with one attached hydrogen (secondary N) is 1. The lowest BCUT2D eigenvalue weighted by atomic mass is 10.0. The summed E-state index contributed by atoms with van der Waals surface area (Å²) in [6, 6.07) is 4.01. The zero-order valence-corrected chi connectivity index (χ0v) is 33.9. The fourth-order valence-corrected chi connectivity index (χ4v) is 6.42. The molecule has 5 N–H and O–H groups in total. The van der Waals surface area contributed by atoms with Crippen molar-refractivity contribution in [2.45, 2.75) is 46.2 Å². The van der Waals surface area contributed by atoms with Crippen molar-refractivity contribution in [3.8, 4) is 11.1 Å². The molecule has 4 aromatic rings. The number of benzene rings is 1. The molecule has 1 aliphatic heterocycles. The van der Waals surface area contributed by atoms with Crippen molar-refractivity contribution in [3.05, 3.63) is 46.8 Å². The number of rotatable bonds is 16. The summed E-state index contributed by atoms with van der Waals surface area (Å²) in [5, 5.41) is 7.46. The maximum atomic E-state index is 14.5. The van der Waals surface area contributed by atoms with Crippen molar-refractivity contribution < 1.29 is 51.1 Å². The molecule has 1 saturated heterocycles. The first-order valence-electron chi connectivity index (χ1n) is 18.4. The number of imidazole rings is 1. The number of methoxy groups -OCH3 is 3. The summed E-state index contributed by atoms with van der Waals surface area (Å²) in [5.41, 5.74) is 15.4. The number of esters is 1. The molecule has 58 heavy (non-hydrogen) atoms. The molecule has 0 unspecified atom stereocenters. The third-order valence-electron chi connectivity index (χ3n) is 9.21. The van der Waals surface area contributed by atoms with E-state index in [9.17, 15) is 27.6 Å². The summed E-state index contributed by atoms with van der Waals surface area (Å²) < 4.78 is 58.5.